The van der Waals surface area contributed by atoms with E-state index in [0.717, 1.165) is 5.25 Å². The van der Waals surface area contributed by atoms with E-state index >= 15 is 0 Å². The average Bonchev–Trinajstić information content (AvgIpc) is 2.65. The van der Waals surface area contributed by atoms with E-state index in [1.807, 2.05) is 0 Å². The highest BCUT2D eigenvalue weighted by Crippen LogP contribution is 2.29. The molecule has 0 saturated heterocycles. The van der Waals surface area contributed by atoms with E-state index < -0.39 is 0 Å². The molecule has 4 heteroatoms. The van der Waals surface area contributed by atoms with Gasteiger partial charge in [0.1, 0.15) is 0 Å². The SMILES string of the molecule is CCSC1CCC(NC(C)CC(=O)OC)C1. The van der Waals surface area contributed by atoms with Gasteiger partial charge in [-0.1, -0.05) is 6.92 Å². The van der Waals surface area contributed by atoms with Gasteiger partial charge in [0, 0.05) is 17.3 Å². The molecule has 1 rings (SSSR count). The molecule has 0 spiro atoms. The van der Waals surface area contributed by atoms with Gasteiger partial charge in [-0.2, -0.15) is 11.8 Å². The standard InChI is InChI=1S/C12H23NO2S/c1-4-16-11-6-5-10(8-11)13-9(2)7-12(14)15-3/h9-11,13H,4-8H2,1-3H3. The molecule has 1 aliphatic rings. The molecule has 16 heavy (non-hydrogen) atoms. The van der Waals surface area contributed by atoms with E-state index in [0.29, 0.717) is 12.5 Å². The van der Waals surface area contributed by atoms with Crippen molar-refractivity contribution in [2.45, 2.75) is 56.9 Å². The molecule has 0 amide bonds. The fraction of sp³-hybridized carbons (Fsp3) is 0.917. The van der Waals surface area contributed by atoms with Crippen LogP contribution in [0.1, 0.15) is 39.5 Å². The van der Waals surface area contributed by atoms with Crippen molar-refractivity contribution >= 4 is 17.7 Å². The van der Waals surface area contributed by atoms with Crippen LogP contribution in [0.5, 0.6) is 0 Å². The zero-order valence-electron chi connectivity index (χ0n) is 10.5. The predicted octanol–water partition coefficient (Wildman–Crippen LogP) is 2.20. The fourth-order valence-electron chi connectivity index (χ4n) is 2.27. The predicted molar refractivity (Wildman–Crippen MR) is 68.8 cm³/mol. The highest BCUT2D eigenvalue weighted by molar-refractivity contribution is 7.99. The third kappa shape index (κ3) is 4.74. The second kappa shape index (κ2) is 7.17. The van der Waals surface area contributed by atoms with Crippen LogP contribution in [0.2, 0.25) is 0 Å². The maximum atomic E-state index is 11.1. The number of carbonyl (C=O) groups is 1. The second-order valence-electron chi connectivity index (χ2n) is 4.44. The van der Waals surface area contributed by atoms with E-state index in [2.05, 4.69) is 35.7 Å². The maximum absolute atomic E-state index is 11.1. The lowest BCUT2D eigenvalue weighted by atomic mass is 10.2. The summed E-state index contributed by atoms with van der Waals surface area (Å²) in [6, 6.07) is 0.812. The minimum absolute atomic E-state index is 0.127. The summed E-state index contributed by atoms with van der Waals surface area (Å²) in [6.07, 6.45) is 4.26. The number of ether oxygens (including phenoxy) is 1. The monoisotopic (exact) mass is 245 g/mol. The topological polar surface area (TPSA) is 38.3 Å². The lowest BCUT2D eigenvalue weighted by Gasteiger charge is -2.18. The van der Waals surface area contributed by atoms with Gasteiger partial charge in [0.2, 0.25) is 0 Å². The molecule has 0 aromatic heterocycles. The molecule has 0 aliphatic heterocycles. The molecule has 0 radical (unpaired) electrons. The minimum Gasteiger partial charge on any atom is -0.469 e. The number of carbonyl (C=O) groups excluding carboxylic acids is 1. The van der Waals surface area contributed by atoms with Gasteiger partial charge in [0.05, 0.1) is 13.5 Å². The second-order valence-corrected chi connectivity index (χ2v) is 6.01. The molecule has 3 atom stereocenters. The summed E-state index contributed by atoms with van der Waals surface area (Å²) in [4.78, 5) is 11.1. The van der Waals surface area contributed by atoms with E-state index in [-0.39, 0.29) is 12.0 Å². The van der Waals surface area contributed by atoms with Crippen molar-refractivity contribution in [3.8, 4) is 0 Å². The molecule has 3 nitrogen and oxygen atoms in total. The fourth-order valence-corrected chi connectivity index (χ4v) is 3.42. The van der Waals surface area contributed by atoms with Gasteiger partial charge < -0.3 is 10.1 Å². The molecule has 1 aliphatic carbocycles. The summed E-state index contributed by atoms with van der Waals surface area (Å²) in [5.74, 6) is 1.08. The van der Waals surface area contributed by atoms with Crippen LogP contribution in [0.15, 0.2) is 0 Å². The molecule has 0 heterocycles. The molecule has 1 N–H and O–H groups in total. The van der Waals surface area contributed by atoms with Crippen LogP contribution in [0.25, 0.3) is 0 Å². The van der Waals surface area contributed by atoms with Crippen molar-refractivity contribution in [3.63, 3.8) is 0 Å². The largest absolute Gasteiger partial charge is 0.469 e. The number of rotatable bonds is 6. The normalized spacial score (nSPS) is 26.7. The molecule has 0 aromatic rings. The Bertz CT molecular complexity index is 223. The van der Waals surface area contributed by atoms with Crippen molar-refractivity contribution < 1.29 is 9.53 Å². The molecule has 1 saturated carbocycles. The average molecular weight is 245 g/mol. The maximum Gasteiger partial charge on any atom is 0.307 e. The van der Waals surface area contributed by atoms with E-state index in [4.69, 9.17) is 0 Å². The molecule has 94 valence electrons. The summed E-state index contributed by atoms with van der Waals surface area (Å²) in [6.45, 7) is 4.27. The van der Waals surface area contributed by atoms with Crippen LogP contribution in [-0.4, -0.2) is 36.2 Å². The Morgan fingerprint density at radius 1 is 1.56 bits per heavy atom. The summed E-state index contributed by atoms with van der Waals surface area (Å²) in [5.41, 5.74) is 0. The Hall–Kier alpha value is -0.220. The molecular formula is C12H23NO2S. The van der Waals surface area contributed by atoms with E-state index in [9.17, 15) is 4.79 Å². The summed E-state index contributed by atoms with van der Waals surface area (Å²) < 4.78 is 4.66. The molecule has 0 aromatic carbocycles. The van der Waals surface area contributed by atoms with Gasteiger partial charge in [0.25, 0.3) is 0 Å². The number of thioether (sulfide) groups is 1. The number of nitrogens with one attached hydrogen (secondary N) is 1. The van der Waals surface area contributed by atoms with Crippen LogP contribution >= 0.6 is 11.8 Å². The highest BCUT2D eigenvalue weighted by Gasteiger charge is 2.25. The van der Waals surface area contributed by atoms with Crippen molar-refractivity contribution in [2.75, 3.05) is 12.9 Å². The third-order valence-electron chi connectivity index (χ3n) is 3.01. The van der Waals surface area contributed by atoms with Crippen LogP contribution < -0.4 is 5.32 Å². The van der Waals surface area contributed by atoms with Gasteiger partial charge in [-0.15, -0.1) is 0 Å². The van der Waals surface area contributed by atoms with Crippen LogP contribution in [-0.2, 0) is 9.53 Å². The van der Waals surface area contributed by atoms with Gasteiger partial charge in [0.15, 0.2) is 0 Å². The Labute approximate surface area is 103 Å². The Kier molecular flexibility index (Phi) is 6.21. The molecule has 3 unspecified atom stereocenters. The number of hydrogen-bond donors (Lipinski definition) is 1. The Morgan fingerprint density at radius 3 is 2.94 bits per heavy atom. The van der Waals surface area contributed by atoms with Crippen LogP contribution in [0, 0.1) is 0 Å². The van der Waals surface area contributed by atoms with Gasteiger partial charge in [-0.3, -0.25) is 4.79 Å². The van der Waals surface area contributed by atoms with Gasteiger partial charge >= 0.3 is 5.97 Å². The zero-order valence-corrected chi connectivity index (χ0v) is 11.3. The van der Waals surface area contributed by atoms with Crippen LogP contribution in [0.4, 0.5) is 0 Å². The first-order chi connectivity index (χ1) is 7.65. The third-order valence-corrected chi connectivity index (χ3v) is 4.24. The lowest BCUT2D eigenvalue weighted by molar-refractivity contribution is -0.141. The highest BCUT2D eigenvalue weighted by atomic mass is 32.2. The van der Waals surface area contributed by atoms with Crippen molar-refractivity contribution in [1.29, 1.82) is 0 Å². The van der Waals surface area contributed by atoms with E-state index in [1.165, 1.54) is 32.1 Å². The van der Waals surface area contributed by atoms with Crippen molar-refractivity contribution in [2.24, 2.45) is 0 Å². The summed E-state index contributed by atoms with van der Waals surface area (Å²) in [5, 5.41) is 4.33. The molecule has 0 bridgehead atoms. The first kappa shape index (κ1) is 13.8. The van der Waals surface area contributed by atoms with Crippen molar-refractivity contribution in [3.05, 3.63) is 0 Å². The Balaban J connectivity index is 2.20. The molecular weight excluding hydrogens is 222 g/mol. The number of methoxy groups -OCH3 is 1. The first-order valence-electron chi connectivity index (χ1n) is 6.10. The van der Waals surface area contributed by atoms with E-state index in [1.54, 1.807) is 0 Å². The minimum atomic E-state index is -0.127. The van der Waals surface area contributed by atoms with Crippen molar-refractivity contribution in [1.82, 2.24) is 5.32 Å². The van der Waals surface area contributed by atoms with Gasteiger partial charge in [-0.05, 0) is 31.9 Å². The van der Waals surface area contributed by atoms with Gasteiger partial charge in [-0.25, -0.2) is 0 Å². The Morgan fingerprint density at radius 2 is 2.31 bits per heavy atom. The summed E-state index contributed by atoms with van der Waals surface area (Å²) in [7, 11) is 1.44. The zero-order chi connectivity index (χ0) is 12.0. The number of esters is 1. The smallest absolute Gasteiger partial charge is 0.307 e. The number of hydrogen-bond acceptors (Lipinski definition) is 4. The lowest BCUT2D eigenvalue weighted by Crippen LogP contribution is -2.36. The molecule has 1 fully saturated rings. The summed E-state index contributed by atoms with van der Waals surface area (Å²) >= 11 is 2.06. The van der Waals surface area contributed by atoms with Crippen LogP contribution in [0.3, 0.4) is 0 Å². The quantitative estimate of drug-likeness (QED) is 0.728. The first-order valence-corrected chi connectivity index (χ1v) is 7.15.